The smallest absolute Gasteiger partial charge is 0.209 e. The molecule has 1 unspecified atom stereocenters. The molecule has 1 N–H and O–H groups in total. The van der Waals surface area contributed by atoms with Crippen LogP contribution in [-0.2, 0) is 0 Å². The number of thioether (sulfide) groups is 1. The van der Waals surface area contributed by atoms with Gasteiger partial charge in [0.05, 0.1) is 6.04 Å². The fourth-order valence-electron chi connectivity index (χ4n) is 2.44. The lowest BCUT2D eigenvalue weighted by Gasteiger charge is -2.15. The van der Waals surface area contributed by atoms with E-state index in [2.05, 4.69) is 34.7 Å². The van der Waals surface area contributed by atoms with E-state index in [0.717, 1.165) is 23.9 Å². The zero-order valence-electron chi connectivity index (χ0n) is 11.3. The van der Waals surface area contributed by atoms with Gasteiger partial charge in [-0.05, 0) is 36.2 Å². The molecule has 1 heterocycles. The van der Waals surface area contributed by atoms with E-state index < -0.39 is 0 Å². The Bertz CT molecular complexity index is 348. The maximum Gasteiger partial charge on any atom is 0.209 e. The van der Waals surface area contributed by atoms with Gasteiger partial charge >= 0.3 is 0 Å². The zero-order chi connectivity index (χ0) is 12.8. The van der Waals surface area contributed by atoms with Crippen molar-refractivity contribution in [3.63, 3.8) is 0 Å². The van der Waals surface area contributed by atoms with Gasteiger partial charge in [-0.2, -0.15) is 0 Å². The minimum absolute atomic E-state index is 0.529. The van der Waals surface area contributed by atoms with Crippen LogP contribution in [0.25, 0.3) is 0 Å². The van der Waals surface area contributed by atoms with Gasteiger partial charge in [-0.25, -0.2) is 4.68 Å². The summed E-state index contributed by atoms with van der Waals surface area (Å²) in [7, 11) is 0. The van der Waals surface area contributed by atoms with Crippen molar-refractivity contribution in [3.8, 4) is 0 Å². The lowest BCUT2D eigenvalue weighted by Crippen LogP contribution is -2.30. The molecule has 6 heteroatoms. The van der Waals surface area contributed by atoms with E-state index in [9.17, 15) is 0 Å². The van der Waals surface area contributed by atoms with E-state index in [1.165, 1.54) is 25.7 Å². The van der Waals surface area contributed by atoms with E-state index in [4.69, 9.17) is 0 Å². The Labute approximate surface area is 113 Å². The fourth-order valence-corrected chi connectivity index (χ4v) is 3.56. The summed E-state index contributed by atoms with van der Waals surface area (Å²) in [6.45, 7) is 5.39. The van der Waals surface area contributed by atoms with E-state index in [1.54, 1.807) is 11.8 Å². The van der Waals surface area contributed by atoms with Crippen LogP contribution in [0.1, 0.15) is 52.0 Å². The Morgan fingerprint density at radius 2 is 2.17 bits per heavy atom. The molecule has 0 bridgehead atoms. The van der Waals surface area contributed by atoms with Crippen molar-refractivity contribution in [3.05, 3.63) is 0 Å². The highest BCUT2D eigenvalue weighted by Crippen LogP contribution is 2.31. The number of nitrogens with zero attached hydrogens (tertiary/aromatic N) is 4. The maximum atomic E-state index is 4.16. The summed E-state index contributed by atoms with van der Waals surface area (Å²) in [6.07, 6.45) is 6.21. The molecule has 0 aliphatic heterocycles. The van der Waals surface area contributed by atoms with Gasteiger partial charge in [0.2, 0.25) is 5.16 Å². The average molecular weight is 269 g/mol. The second-order valence-electron chi connectivity index (χ2n) is 4.82. The predicted octanol–water partition coefficient (Wildman–Crippen LogP) is 2.27. The van der Waals surface area contributed by atoms with E-state index >= 15 is 0 Å². The molecule has 1 saturated carbocycles. The normalized spacial score (nSPS) is 18.3. The lowest BCUT2D eigenvalue weighted by molar-refractivity contribution is 0.422. The molecule has 0 radical (unpaired) electrons. The topological polar surface area (TPSA) is 55.6 Å². The third-order valence-corrected chi connectivity index (χ3v) is 4.63. The third kappa shape index (κ3) is 3.45. The van der Waals surface area contributed by atoms with Crippen LogP contribution in [0.4, 0.5) is 0 Å². The molecule has 1 atom stereocenters. The third-order valence-electron chi connectivity index (χ3n) is 3.53. The fraction of sp³-hybridized carbons (Fsp3) is 0.917. The molecule has 0 saturated heterocycles. The van der Waals surface area contributed by atoms with Gasteiger partial charge in [-0.1, -0.05) is 38.5 Å². The number of hydrogen-bond acceptors (Lipinski definition) is 5. The molecule has 0 amide bonds. The highest BCUT2D eigenvalue weighted by atomic mass is 32.2. The molecule has 18 heavy (non-hydrogen) atoms. The second-order valence-corrected chi connectivity index (χ2v) is 5.81. The molecule has 1 aromatic heterocycles. The van der Waals surface area contributed by atoms with Crippen LogP contribution in [0, 0.1) is 0 Å². The van der Waals surface area contributed by atoms with Crippen LogP contribution >= 0.6 is 11.8 Å². The highest BCUT2D eigenvalue weighted by Gasteiger charge is 2.21. The second kappa shape index (κ2) is 7.09. The van der Waals surface area contributed by atoms with Crippen molar-refractivity contribution >= 4 is 11.8 Å². The van der Waals surface area contributed by atoms with Crippen molar-refractivity contribution < 1.29 is 0 Å². The first kappa shape index (κ1) is 13.8. The number of rotatable bonds is 7. The summed E-state index contributed by atoms with van der Waals surface area (Å²) < 4.78 is 2.04. The van der Waals surface area contributed by atoms with Crippen LogP contribution in [0.3, 0.4) is 0 Å². The largest absolute Gasteiger partial charge is 0.313 e. The summed E-state index contributed by atoms with van der Waals surface area (Å²) in [5, 5.41) is 16.6. The minimum Gasteiger partial charge on any atom is -0.313 e. The first-order valence-electron chi connectivity index (χ1n) is 6.99. The van der Waals surface area contributed by atoms with Crippen LogP contribution in [0.2, 0.25) is 0 Å². The summed E-state index contributed by atoms with van der Waals surface area (Å²) in [5.74, 6) is 1.04. The van der Waals surface area contributed by atoms with Crippen molar-refractivity contribution in [1.82, 2.24) is 25.5 Å². The zero-order valence-corrected chi connectivity index (χ0v) is 12.1. The molecule has 1 fully saturated rings. The predicted molar refractivity (Wildman–Crippen MR) is 73.8 cm³/mol. The summed E-state index contributed by atoms with van der Waals surface area (Å²) in [5.41, 5.74) is 0. The molecular formula is C12H23N5S. The number of aromatic nitrogens is 4. The Balaban J connectivity index is 1.90. The number of hydrogen-bond donors (Lipinski definition) is 1. The summed E-state index contributed by atoms with van der Waals surface area (Å²) in [4.78, 5) is 0. The monoisotopic (exact) mass is 269 g/mol. The average Bonchev–Trinajstić information content (AvgIpc) is 3.04. The maximum absolute atomic E-state index is 4.16. The van der Waals surface area contributed by atoms with Gasteiger partial charge in [0, 0.05) is 11.8 Å². The summed E-state index contributed by atoms with van der Waals surface area (Å²) in [6, 6.07) is 1.08. The van der Waals surface area contributed by atoms with Crippen LogP contribution in [0.15, 0.2) is 5.16 Å². The molecule has 5 nitrogen and oxygen atoms in total. The SMILES string of the molecule is CCNC(CC)CSc1nnnn1C1CCCC1. The van der Waals surface area contributed by atoms with Crippen molar-refractivity contribution in [2.45, 2.75) is 63.2 Å². The minimum atomic E-state index is 0.529. The van der Waals surface area contributed by atoms with Gasteiger partial charge in [-0.15, -0.1) is 5.10 Å². The Kier molecular flexibility index (Phi) is 5.44. The van der Waals surface area contributed by atoms with Gasteiger partial charge < -0.3 is 5.32 Å². The molecule has 102 valence electrons. The van der Waals surface area contributed by atoms with Gasteiger partial charge in [-0.3, -0.25) is 0 Å². The Morgan fingerprint density at radius 3 is 2.83 bits per heavy atom. The van der Waals surface area contributed by atoms with Crippen LogP contribution in [-0.4, -0.2) is 38.5 Å². The van der Waals surface area contributed by atoms with Gasteiger partial charge in [0.25, 0.3) is 0 Å². The van der Waals surface area contributed by atoms with E-state index in [-0.39, 0.29) is 0 Å². The van der Waals surface area contributed by atoms with E-state index in [1.807, 2.05) is 4.68 Å². The van der Waals surface area contributed by atoms with Gasteiger partial charge in [0.1, 0.15) is 0 Å². The molecule has 2 rings (SSSR count). The van der Waals surface area contributed by atoms with Gasteiger partial charge in [0.15, 0.2) is 0 Å². The highest BCUT2D eigenvalue weighted by molar-refractivity contribution is 7.99. The molecule has 1 aliphatic carbocycles. The van der Waals surface area contributed by atoms with Crippen LogP contribution < -0.4 is 5.32 Å². The Morgan fingerprint density at radius 1 is 1.39 bits per heavy atom. The first-order valence-corrected chi connectivity index (χ1v) is 7.97. The van der Waals surface area contributed by atoms with E-state index in [0.29, 0.717) is 12.1 Å². The van der Waals surface area contributed by atoms with Crippen molar-refractivity contribution in [1.29, 1.82) is 0 Å². The Hall–Kier alpha value is -0.620. The van der Waals surface area contributed by atoms with Crippen molar-refractivity contribution in [2.75, 3.05) is 12.3 Å². The quantitative estimate of drug-likeness (QED) is 0.770. The lowest BCUT2D eigenvalue weighted by atomic mass is 10.2. The first-order chi connectivity index (χ1) is 8.85. The number of tetrazole rings is 1. The summed E-state index contributed by atoms with van der Waals surface area (Å²) >= 11 is 1.78. The standard InChI is InChI=1S/C12H23N5S/c1-3-10(13-4-2)9-18-12-14-15-16-17(12)11-7-5-6-8-11/h10-11,13H,3-9H2,1-2H3. The molecule has 0 aromatic carbocycles. The molecular weight excluding hydrogens is 246 g/mol. The van der Waals surface area contributed by atoms with Crippen LogP contribution in [0.5, 0.6) is 0 Å². The molecule has 1 aliphatic rings. The van der Waals surface area contributed by atoms with Crippen molar-refractivity contribution in [2.24, 2.45) is 0 Å². The number of nitrogens with one attached hydrogen (secondary N) is 1. The molecule has 1 aromatic rings. The molecule has 0 spiro atoms.